The van der Waals surface area contributed by atoms with Gasteiger partial charge in [0.1, 0.15) is 17.7 Å². The fourth-order valence-electron chi connectivity index (χ4n) is 3.29. The molecule has 0 amide bonds. The van der Waals surface area contributed by atoms with Crippen LogP contribution in [0.15, 0.2) is 47.4 Å². The molecule has 0 spiro atoms. The predicted molar refractivity (Wildman–Crippen MR) is 104 cm³/mol. The third kappa shape index (κ3) is 3.78. The lowest BCUT2D eigenvalue weighted by atomic mass is 10.0. The zero-order valence-corrected chi connectivity index (χ0v) is 16.9. The molecular weight excluding hydrogens is 408 g/mol. The number of carboxylic acids is 1. The number of hydrogen-bond acceptors (Lipinski definition) is 4. The minimum absolute atomic E-state index is 0.0165. The Hall–Kier alpha value is -1.97. The van der Waals surface area contributed by atoms with Gasteiger partial charge in [-0.3, -0.25) is 4.79 Å². The van der Waals surface area contributed by atoms with Crippen molar-refractivity contribution in [2.45, 2.75) is 29.5 Å². The Kier molecular flexibility index (Phi) is 5.53. The third-order valence-corrected chi connectivity index (χ3v) is 7.90. The Labute approximate surface area is 166 Å². The molecular formula is C19H19F2NO4S2. The molecule has 0 radical (unpaired) electrons. The van der Waals surface area contributed by atoms with Crippen LogP contribution in [0.25, 0.3) is 11.1 Å². The molecule has 1 aliphatic heterocycles. The number of hydrogen-bond donors (Lipinski definition) is 1. The van der Waals surface area contributed by atoms with Crippen molar-refractivity contribution in [1.82, 2.24) is 4.31 Å². The lowest BCUT2D eigenvalue weighted by Crippen LogP contribution is -2.58. The van der Waals surface area contributed by atoms with E-state index in [9.17, 15) is 27.1 Å². The van der Waals surface area contributed by atoms with Crippen molar-refractivity contribution in [1.29, 1.82) is 0 Å². The van der Waals surface area contributed by atoms with E-state index in [1.165, 1.54) is 36.0 Å². The topological polar surface area (TPSA) is 74.7 Å². The van der Waals surface area contributed by atoms with Gasteiger partial charge < -0.3 is 5.11 Å². The SMILES string of the molecule is CC1(C)SCCN(S(=O)(=O)c2ccc(-c3cc(F)ccc3F)cc2)C1C(=O)O. The number of aliphatic carboxylic acids is 1. The van der Waals surface area contributed by atoms with Crippen molar-refractivity contribution >= 4 is 27.8 Å². The highest BCUT2D eigenvalue weighted by Crippen LogP contribution is 2.38. The largest absolute Gasteiger partial charge is 0.480 e. The van der Waals surface area contributed by atoms with Gasteiger partial charge in [0.15, 0.2) is 0 Å². The van der Waals surface area contributed by atoms with Gasteiger partial charge >= 0.3 is 5.97 Å². The summed E-state index contributed by atoms with van der Waals surface area (Å²) >= 11 is 1.41. The summed E-state index contributed by atoms with van der Waals surface area (Å²) < 4.78 is 53.7. The highest BCUT2D eigenvalue weighted by Gasteiger charge is 2.48. The van der Waals surface area contributed by atoms with E-state index in [-0.39, 0.29) is 17.0 Å². The van der Waals surface area contributed by atoms with E-state index in [1.807, 2.05) is 0 Å². The summed E-state index contributed by atoms with van der Waals surface area (Å²) in [6.07, 6.45) is 0. The van der Waals surface area contributed by atoms with Crippen molar-refractivity contribution in [3.8, 4) is 11.1 Å². The molecule has 1 saturated heterocycles. The van der Waals surface area contributed by atoms with Crippen LogP contribution in [0, 0.1) is 11.6 Å². The molecule has 3 rings (SSSR count). The second-order valence-corrected chi connectivity index (χ2v) is 10.6. The summed E-state index contributed by atoms with van der Waals surface area (Å²) in [5, 5.41) is 9.61. The molecule has 150 valence electrons. The first-order chi connectivity index (χ1) is 13.0. The van der Waals surface area contributed by atoms with Crippen LogP contribution in [-0.2, 0) is 14.8 Å². The maximum absolute atomic E-state index is 13.9. The zero-order valence-electron chi connectivity index (χ0n) is 15.2. The van der Waals surface area contributed by atoms with Gasteiger partial charge in [0, 0.05) is 22.6 Å². The number of carboxylic acid groups (broad SMARTS) is 1. The third-order valence-electron chi connectivity index (χ3n) is 4.67. The van der Waals surface area contributed by atoms with Gasteiger partial charge in [0.05, 0.1) is 4.90 Å². The zero-order chi connectivity index (χ0) is 20.7. The van der Waals surface area contributed by atoms with Gasteiger partial charge in [-0.1, -0.05) is 12.1 Å². The van der Waals surface area contributed by atoms with E-state index in [1.54, 1.807) is 13.8 Å². The summed E-state index contributed by atoms with van der Waals surface area (Å²) in [6.45, 7) is 3.48. The summed E-state index contributed by atoms with van der Waals surface area (Å²) in [7, 11) is -4.07. The summed E-state index contributed by atoms with van der Waals surface area (Å²) in [5.74, 6) is -1.97. The molecule has 0 aromatic heterocycles. The van der Waals surface area contributed by atoms with Crippen molar-refractivity contribution in [3.63, 3.8) is 0 Å². The highest BCUT2D eigenvalue weighted by molar-refractivity contribution is 8.00. The maximum Gasteiger partial charge on any atom is 0.323 e. The number of benzene rings is 2. The summed E-state index contributed by atoms with van der Waals surface area (Å²) in [6, 6.07) is 7.14. The first-order valence-electron chi connectivity index (χ1n) is 8.48. The molecule has 1 aliphatic rings. The highest BCUT2D eigenvalue weighted by atomic mass is 32.2. The van der Waals surface area contributed by atoms with Crippen LogP contribution in [-0.4, -0.2) is 46.9 Å². The fraction of sp³-hybridized carbons (Fsp3) is 0.316. The van der Waals surface area contributed by atoms with Crippen LogP contribution in [0.2, 0.25) is 0 Å². The van der Waals surface area contributed by atoms with Gasteiger partial charge in [0.25, 0.3) is 0 Å². The van der Waals surface area contributed by atoms with E-state index in [2.05, 4.69) is 0 Å². The van der Waals surface area contributed by atoms with Crippen molar-refractivity contribution in [2.75, 3.05) is 12.3 Å². The first-order valence-corrected chi connectivity index (χ1v) is 10.9. The Morgan fingerprint density at radius 3 is 2.43 bits per heavy atom. The lowest BCUT2D eigenvalue weighted by molar-refractivity contribution is -0.142. The number of thioether (sulfide) groups is 1. The van der Waals surface area contributed by atoms with Crippen molar-refractivity contribution < 1.29 is 27.1 Å². The van der Waals surface area contributed by atoms with Gasteiger partial charge in [-0.15, -0.1) is 0 Å². The lowest BCUT2D eigenvalue weighted by Gasteiger charge is -2.42. The molecule has 1 N–H and O–H groups in total. The van der Waals surface area contributed by atoms with Crippen LogP contribution in [0.3, 0.4) is 0 Å². The van der Waals surface area contributed by atoms with Crippen LogP contribution >= 0.6 is 11.8 Å². The molecule has 0 bridgehead atoms. The number of nitrogens with zero attached hydrogens (tertiary/aromatic N) is 1. The second-order valence-electron chi connectivity index (χ2n) is 6.96. The molecule has 2 aromatic carbocycles. The smallest absolute Gasteiger partial charge is 0.323 e. The van der Waals surface area contributed by atoms with Gasteiger partial charge in [0.2, 0.25) is 10.0 Å². The summed E-state index contributed by atoms with van der Waals surface area (Å²) in [4.78, 5) is 11.7. The molecule has 1 unspecified atom stereocenters. The fourth-order valence-corrected chi connectivity index (χ4v) is 6.39. The number of rotatable bonds is 4. The minimum Gasteiger partial charge on any atom is -0.480 e. The van der Waals surface area contributed by atoms with Crippen LogP contribution in [0.5, 0.6) is 0 Å². The number of halogens is 2. The maximum atomic E-state index is 13.9. The Bertz CT molecular complexity index is 1010. The standard InChI is InChI=1S/C19H19F2NO4S2/c1-19(2)17(18(23)24)22(9-10-27-19)28(25,26)14-6-3-12(4-7-14)15-11-13(20)5-8-16(15)21/h3-8,11,17H,9-10H2,1-2H3,(H,23,24). The predicted octanol–water partition coefficient (Wildman–Crippen LogP) is 3.60. The van der Waals surface area contributed by atoms with Crippen LogP contribution in [0.1, 0.15) is 13.8 Å². The molecule has 0 aliphatic carbocycles. The minimum atomic E-state index is -4.07. The molecule has 9 heteroatoms. The Balaban J connectivity index is 1.98. The van der Waals surface area contributed by atoms with Crippen molar-refractivity contribution in [3.05, 3.63) is 54.1 Å². The molecule has 5 nitrogen and oxygen atoms in total. The molecule has 28 heavy (non-hydrogen) atoms. The quantitative estimate of drug-likeness (QED) is 0.807. The molecule has 1 heterocycles. The first kappa shape index (κ1) is 20.8. The van der Waals surface area contributed by atoms with Crippen molar-refractivity contribution in [2.24, 2.45) is 0 Å². The second kappa shape index (κ2) is 7.46. The molecule has 2 aromatic rings. The summed E-state index contributed by atoms with van der Waals surface area (Å²) in [5.41, 5.74) is 0.336. The van der Waals surface area contributed by atoms with Gasteiger partial charge in [-0.05, 0) is 49.7 Å². The van der Waals surface area contributed by atoms with E-state index >= 15 is 0 Å². The van der Waals surface area contributed by atoms with Gasteiger partial charge in [-0.2, -0.15) is 16.1 Å². The monoisotopic (exact) mass is 427 g/mol. The number of sulfonamides is 1. The average molecular weight is 427 g/mol. The van der Waals surface area contributed by atoms with Gasteiger partial charge in [-0.25, -0.2) is 17.2 Å². The Morgan fingerprint density at radius 1 is 1.18 bits per heavy atom. The Morgan fingerprint density at radius 2 is 1.82 bits per heavy atom. The van der Waals surface area contributed by atoms with E-state index in [0.29, 0.717) is 11.3 Å². The van der Waals surface area contributed by atoms with Crippen LogP contribution < -0.4 is 0 Å². The van der Waals surface area contributed by atoms with E-state index < -0.39 is 38.4 Å². The molecule has 1 fully saturated rings. The van der Waals surface area contributed by atoms with Crippen LogP contribution in [0.4, 0.5) is 8.78 Å². The normalized spacial score (nSPS) is 20.1. The number of carbonyl (C=O) groups is 1. The van der Waals surface area contributed by atoms with E-state index in [0.717, 1.165) is 22.5 Å². The van der Waals surface area contributed by atoms with E-state index in [4.69, 9.17) is 0 Å². The average Bonchev–Trinajstić information content (AvgIpc) is 2.62. The molecule has 1 atom stereocenters. The molecule has 0 saturated carbocycles.